The van der Waals surface area contributed by atoms with Gasteiger partial charge in [0.1, 0.15) is 5.75 Å². The van der Waals surface area contributed by atoms with E-state index in [-0.39, 0.29) is 22.4 Å². The van der Waals surface area contributed by atoms with Crippen molar-refractivity contribution in [2.24, 2.45) is 0 Å². The first kappa shape index (κ1) is 14.1. The molecular weight excluding hydrogens is 266 g/mol. The molecule has 2 rings (SSSR count). The summed E-state index contributed by atoms with van der Waals surface area (Å²) in [5, 5.41) is 9.37. The Bertz CT molecular complexity index is 574. The van der Waals surface area contributed by atoms with Crippen molar-refractivity contribution in [3.63, 3.8) is 0 Å². The number of hydrogen-bond acceptors (Lipinski definition) is 5. The fourth-order valence-electron chi connectivity index (χ4n) is 2.31. The van der Waals surface area contributed by atoms with E-state index in [4.69, 9.17) is 5.73 Å². The van der Waals surface area contributed by atoms with Crippen LogP contribution in [-0.4, -0.2) is 55.5 Å². The number of phenols is 1. The Balaban J connectivity index is 2.34. The number of piperazine rings is 1. The Morgan fingerprint density at radius 1 is 1.37 bits per heavy atom. The molecule has 0 aromatic heterocycles. The predicted octanol–water partition coefficient (Wildman–Crippen LogP) is 0.299. The number of anilines is 1. The summed E-state index contributed by atoms with van der Waals surface area (Å²) in [5.41, 5.74) is 5.63. The fourth-order valence-corrected chi connectivity index (χ4v) is 3.96. The molecule has 1 unspecified atom stereocenters. The average molecular weight is 285 g/mol. The summed E-state index contributed by atoms with van der Waals surface area (Å²) in [7, 11) is -1.59. The normalized spacial score (nSPS) is 22.5. The third-order valence-electron chi connectivity index (χ3n) is 3.38. The number of nitrogens with zero attached hydrogens (tertiary/aromatic N) is 2. The summed E-state index contributed by atoms with van der Waals surface area (Å²) in [6.07, 6.45) is 0. The van der Waals surface area contributed by atoms with Gasteiger partial charge in [0.2, 0.25) is 10.0 Å². The van der Waals surface area contributed by atoms with Crippen LogP contribution < -0.4 is 5.73 Å². The van der Waals surface area contributed by atoms with Gasteiger partial charge >= 0.3 is 0 Å². The molecule has 0 amide bonds. The van der Waals surface area contributed by atoms with Gasteiger partial charge in [-0.25, -0.2) is 8.42 Å². The second-order valence-corrected chi connectivity index (χ2v) is 6.84. The van der Waals surface area contributed by atoms with E-state index in [0.717, 1.165) is 0 Å². The molecule has 1 aromatic carbocycles. The highest BCUT2D eigenvalue weighted by Crippen LogP contribution is 2.27. The standard InChI is InChI=1S/C12H19N3O3S/c1-9-8-14(2)5-6-15(9)19(17,18)10-3-4-12(16)11(13)7-10/h3-4,7,9,16H,5-6,8,13H2,1-2H3. The van der Waals surface area contributed by atoms with Crippen molar-refractivity contribution in [1.82, 2.24) is 9.21 Å². The Hall–Kier alpha value is -1.31. The Morgan fingerprint density at radius 3 is 2.63 bits per heavy atom. The highest BCUT2D eigenvalue weighted by atomic mass is 32.2. The zero-order valence-electron chi connectivity index (χ0n) is 11.1. The number of benzene rings is 1. The van der Waals surface area contributed by atoms with Crippen LogP contribution in [0.5, 0.6) is 5.75 Å². The molecule has 0 radical (unpaired) electrons. The molecule has 0 bridgehead atoms. The van der Waals surface area contributed by atoms with Crippen LogP contribution in [0.1, 0.15) is 6.92 Å². The van der Waals surface area contributed by atoms with E-state index in [1.54, 1.807) is 0 Å². The molecule has 0 aliphatic carbocycles. The van der Waals surface area contributed by atoms with Gasteiger partial charge in [0.05, 0.1) is 10.6 Å². The van der Waals surface area contributed by atoms with Gasteiger partial charge in [-0.15, -0.1) is 0 Å². The molecule has 19 heavy (non-hydrogen) atoms. The average Bonchev–Trinajstić information content (AvgIpc) is 2.32. The topological polar surface area (TPSA) is 86.9 Å². The highest BCUT2D eigenvalue weighted by Gasteiger charge is 2.32. The second kappa shape index (κ2) is 4.99. The van der Waals surface area contributed by atoms with Crippen LogP contribution in [0.15, 0.2) is 23.1 Å². The molecule has 1 heterocycles. The largest absolute Gasteiger partial charge is 0.506 e. The van der Waals surface area contributed by atoms with Gasteiger partial charge in [0.25, 0.3) is 0 Å². The number of sulfonamides is 1. The second-order valence-electron chi connectivity index (χ2n) is 4.95. The summed E-state index contributed by atoms with van der Waals surface area (Å²) < 4.78 is 26.6. The van der Waals surface area contributed by atoms with E-state index in [1.807, 2.05) is 14.0 Å². The molecule has 1 saturated heterocycles. The zero-order valence-corrected chi connectivity index (χ0v) is 11.9. The lowest BCUT2D eigenvalue weighted by Crippen LogP contribution is -2.52. The molecule has 7 heteroatoms. The van der Waals surface area contributed by atoms with E-state index in [9.17, 15) is 13.5 Å². The highest BCUT2D eigenvalue weighted by molar-refractivity contribution is 7.89. The lowest BCUT2D eigenvalue weighted by atomic mass is 10.2. The van der Waals surface area contributed by atoms with Gasteiger partial charge in [0.15, 0.2) is 0 Å². The van der Waals surface area contributed by atoms with Gasteiger partial charge in [-0.05, 0) is 32.2 Å². The number of likely N-dealkylation sites (N-methyl/N-ethyl adjacent to an activating group) is 1. The summed E-state index contributed by atoms with van der Waals surface area (Å²) in [6, 6.07) is 3.91. The lowest BCUT2D eigenvalue weighted by molar-refractivity contribution is 0.170. The van der Waals surface area contributed by atoms with E-state index < -0.39 is 10.0 Å². The Kier molecular flexibility index (Phi) is 3.71. The molecule has 1 atom stereocenters. The third kappa shape index (κ3) is 2.68. The first-order valence-electron chi connectivity index (χ1n) is 6.11. The van der Waals surface area contributed by atoms with Crippen LogP contribution in [-0.2, 0) is 10.0 Å². The number of phenolic OH excluding ortho intramolecular Hbond substituents is 1. The van der Waals surface area contributed by atoms with Crippen molar-refractivity contribution in [2.75, 3.05) is 32.4 Å². The zero-order chi connectivity index (χ0) is 14.2. The van der Waals surface area contributed by atoms with Gasteiger partial charge in [0, 0.05) is 25.7 Å². The predicted molar refractivity (Wildman–Crippen MR) is 73.4 cm³/mol. The van der Waals surface area contributed by atoms with E-state index in [1.165, 1.54) is 22.5 Å². The Morgan fingerprint density at radius 2 is 2.05 bits per heavy atom. The molecule has 1 aromatic rings. The molecule has 1 fully saturated rings. The summed E-state index contributed by atoms with van der Waals surface area (Å²) in [4.78, 5) is 2.22. The molecular formula is C12H19N3O3S. The van der Waals surface area contributed by atoms with Crippen molar-refractivity contribution < 1.29 is 13.5 Å². The maximum atomic E-state index is 12.5. The molecule has 3 N–H and O–H groups in total. The molecule has 1 aliphatic rings. The lowest BCUT2D eigenvalue weighted by Gasteiger charge is -2.37. The maximum Gasteiger partial charge on any atom is 0.243 e. The summed E-state index contributed by atoms with van der Waals surface area (Å²) >= 11 is 0. The van der Waals surface area contributed by atoms with Gasteiger partial charge in [-0.1, -0.05) is 0 Å². The van der Waals surface area contributed by atoms with E-state index in [2.05, 4.69) is 4.90 Å². The monoisotopic (exact) mass is 285 g/mol. The van der Waals surface area contributed by atoms with Crippen molar-refractivity contribution in [3.8, 4) is 5.75 Å². The first-order chi connectivity index (χ1) is 8.82. The molecule has 106 valence electrons. The van der Waals surface area contributed by atoms with Gasteiger partial charge in [-0.3, -0.25) is 0 Å². The van der Waals surface area contributed by atoms with E-state index in [0.29, 0.717) is 19.6 Å². The molecule has 6 nitrogen and oxygen atoms in total. The summed E-state index contributed by atoms with van der Waals surface area (Å²) in [5.74, 6) is -0.106. The Labute approximate surface area is 113 Å². The van der Waals surface area contributed by atoms with Gasteiger partial charge < -0.3 is 15.7 Å². The minimum atomic E-state index is -3.56. The number of hydrogen-bond donors (Lipinski definition) is 2. The minimum absolute atomic E-state index is 0.0721. The van der Waals surface area contributed by atoms with Crippen LogP contribution in [0, 0.1) is 0 Å². The summed E-state index contributed by atoms with van der Waals surface area (Å²) in [6.45, 7) is 3.75. The number of aromatic hydroxyl groups is 1. The van der Waals surface area contributed by atoms with Crippen molar-refractivity contribution in [2.45, 2.75) is 17.9 Å². The van der Waals surface area contributed by atoms with E-state index >= 15 is 0 Å². The molecule has 0 saturated carbocycles. The quantitative estimate of drug-likeness (QED) is 0.603. The number of nitrogen functional groups attached to an aromatic ring is 1. The number of rotatable bonds is 2. The van der Waals surface area contributed by atoms with Gasteiger partial charge in [-0.2, -0.15) is 4.31 Å². The fraction of sp³-hybridized carbons (Fsp3) is 0.500. The SMILES string of the molecule is CC1CN(C)CCN1S(=O)(=O)c1ccc(O)c(N)c1. The van der Waals surface area contributed by atoms with Crippen LogP contribution in [0.3, 0.4) is 0 Å². The third-order valence-corrected chi connectivity index (χ3v) is 5.38. The number of nitrogens with two attached hydrogens (primary N) is 1. The molecule has 0 spiro atoms. The maximum absolute atomic E-state index is 12.5. The minimum Gasteiger partial charge on any atom is -0.506 e. The van der Waals surface area contributed by atoms with Crippen LogP contribution in [0.4, 0.5) is 5.69 Å². The van der Waals surface area contributed by atoms with Crippen LogP contribution in [0.2, 0.25) is 0 Å². The van der Waals surface area contributed by atoms with Crippen LogP contribution >= 0.6 is 0 Å². The van der Waals surface area contributed by atoms with Crippen molar-refractivity contribution in [3.05, 3.63) is 18.2 Å². The first-order valence-corrected chi connectivity index (χ1v) is 7.55. The smallest absolute Gasteiger partial charge is 0.243 e. The van der Waals surface area contributed by atoms with Crippen LogP contribution in [0.25, 0.3) is 0 Å². The van der Waals surface area contributed by atoms with Crippen molar-refractivity contribution >= 4 is 15.7 Å². The van der Waals surface area contributed by atoms with Crippen molar-refractivity contribution in [1.29, 1.82) is 0 Å². The molecule has 1 aliphatic heterocycles.